The molecule has 5 nitrogen and oxygen atoms in total. The van der Waals surface area contributed by atoms with Crippen LogP contribution in [0.1, 0.15) is 24.9 Å². The van der Waals surface area contributed by atoms with Gasteiger partial charge in [-0.3, -0.25) is 0 Å². The first kappa shape index (κ1) is 16.7. The van der Waals surface area contributed by atoms with E-state index < -0.39 is 10.2 Å². The number of rotatable bonds is 4. The lowest BCUT2D eigenvalue weighted by atomic mass is 10.1. The van der Waals surface area contributed by atoms with E-state index in [4.69, 9.17) is 11.6 Å². The van der Waals surface area contributed by atoms with Crippen molar-refractivity contribution in [2.75, 3.05) is 33.2 Å². The fourth-order valence-electron chi connectivity index (χ4n) is 2.38. The Morgan fingerprint density at radius 3 is 2.57 bits per heavy atom. The Hall–Kier alpha value is -0.660. The van der Waals surface area contributed by atoms with Gasteiger partial charge in [0.25, 0.3) is 10.2 Å². The maximum atomic E-state index is 12.7. The summed E-state index contributed by atoms with van der Waals surface area (Å²) in [5.41, 5.74) is 0.929. The summed E-state index contributed by atoms with van der Waals surface area (Å²) in [6, 6.07) is 7.06. The minimum Gasteiger partial charge on any atom is -0.315 e. The van der Waals surface area contributed by atoms with E-state index in [1.165, 1.54) is 4.31 Å². The predicted molar refractivity (Wildman–Crippen MR) is 85.6 cm³/mol. The third-order valence-electron chi connectivity index (χ3n) is 3.89. The van der Waals surface area contributed by atoms with Crippen molar-refractivity contribution >= 4 is 21.8 Å². The average Bonchev–Trinajstić information content (AvgIpc) is 2.76. The van der Waals surface area contributed by atoms with Crippen molar-refractivity contribution in [1.82, 2.24) is 13.9 Å². The van der Waals surface area contributed by atoms with E-state index in [0.717, 1.165) is 18.5 Å². The quantitative estimate of drug-likeness (QED) is 0.916. The molecular formula is C14H22ClN3O2S. The molecule has 0 bridgehead atoms. The second-order valence-corrected chi connectivity index (χ2v) is 7.68. The highest BCUT2D eigenvalue weighted by atomic mass is 35.5. The lowest BCUT2D eigenvalue weighted by molar-refractivity contribution is 0.335. The summed E-state index contributed by atoms with van der Waals surface area (Å²) in [5.74, 6) is 0. The van der Waals surface area contributed by atoms with Crippen LogP contribution in [-0.4, -0.2) is 50.3 Å². The van der Waals surface area contributed by atoms with Gasteiger partial charge in [0.1, 0.15) is 0 Å². The summed E-state index contributed by atoms with van der Waals surface area (Å²) < 4.78 is 28.4. The van der Waals surface area contributed by atoms with E-state index in [0.29, 0.717) is 24.7 Å². The topological polar surface area (TPSA) is 52.7 Å². The van der Waals surface area contributed by atoms with Crippen LogP contribution < -0.4 is 5.32 Å². The molecule has 0 aliphatic carbocycles. The molecule has 1 aromatic rings. The van der Waals surface area contributed by atoms with Gasteiger partial charge >= 0.3 is 0 Å². The summed E-state index contributed by atoms with van der Waals surface area (Å²) in [7, 11) is -1.82. The maximum absolute atomic E-state index is 12.7. The van der Waals surface area contributed by atoms with Crippen LogP contribution >= 0.6 is 11.6 Å². The standard InChI is InChI=1S/C14H22ClN3O2S/c1-12(13-4-6-14(15)7-5-13)17(2)21(19,20)18-10-3-8-16-9-11-18/h4-7,12,16H,3,8-11H2,1-2H3. The molecule has 0 spiro atoms. The molecule has 1 atom stereocenters. The lowest BCUT2D eigenvalue weighted by Gasteiger charge is -2.30. The van der Waals surface area contributed by atoms with Crippen LogP contribution in [0.25, 0.3) is 0 Å². The molecule has 1 aromatic carbocycles. The van der Waals surface area contributed by atoms with Crippen LogP contribution in [0.15, 0.2) is 24.3 Å². The lowest BCUT2D eigenvalue weighted by Crippen LogP contribution is -2.44. The van der Waals surface area contributed by atoms with E-state index in [-0.39, 0.29) is 6.04 Å². The molecule has 0 radical (unpaired) electrons. The van der Waals surface area contributed by atoms with E-state index >= 15 is 0 Å². The zero-order chi connectivity index (χ0) is 15.5. The van der Waals surface area contributed by atoms with Crippen LogP contribution in [0.4, 0.5) is 0 Å². The first-order valence-corrected chi connectivity index (χ1v) is 8.89. The van der Waals surface area contributed by atoms with Crippen LogP contribution in [-0.2, 0) is 10.2 Å². The third kappa shape index (κ3) is 3.96. The number of nitrogens with zero attached hydrogens (tertiary/aromatic N) is 2. The largest absolute Gasteiger partial charge is 0.315 e. The number of hydrogen-bond acceptors (Lipinski definition) is 3. The molecule has 118 valence electrons. The summed E-state index contributed by atoms with van der Waals surface area (Å²) in [4.78, 5) is 0. The number of nitrogens with one attached hydrogen (secondary N) is 1. The van der Waals surface area contributed by atoms with Crippen molar-refractivity contribution in [2.24, 2.45) is 0 Å². The fraction of sp³-hybridized carbons (Fsp3) is 0.571. The highest BCUT2D eigenvalue weighted by Crippen LogP contribution is 2.24. The minimum atomic E-state index is -3.45. The molecule has 0 saturated carbocycles. The van der Waals surface area contributed by atoms with Gasteiger partial charge in [0.05, 0.1) is 0 Å². The molecule has 7 heteroatoms. The van der Waals surface area contributed by atoms with Crippen LogP contribution in [0.2, 0.25) is 5.02 Å². The van der Waals surface area contributed by atoms with E-state index in [9.17, 15) is 8.42 Å². The molecule has 1 N–H and O–H groups in total. The Morgan fingerprint density at radius 2 is 1.90 bits per heavy atom. The van der Waals surface area contributed by atoms with Crippen LogP contribution in [0, 0.1) is 0 Å². The first-order valence-electron chi connectivity index (χ1n) is 7.12. The monoisotopic (exact) mass is 331 g/mol. The van der Waals surface area contributed by atoms with Gasteiger partial charge in [0.2, 0.25) is 0 Å². The average molecular weight is 332 g/mol. The van der Waals surface area contributed by atoms with Crippen molar-refractivity contribution in [3.8, 4) is 0 Å². The smallest absolute Gasteiger partial charge is 0.282 e. The van der Waals surface area contributed by atoms with Gasteiger partial charge in [-0.15, -0.1) is 0 Å². The van der Waals surface area contributed by atoms with Crippen molar-refractivity contribution in [3.63, 3.8) is 0 Å². The van der Waals surface area contributed by atoms with Gasteiger partial charge in [0.15, 0.2) is 0 Å². The fourth-order valence-corrected chi connectivity index (χ4v) is 4.08. The van der Waals surface area contributed by atoms with E-state index in [1.54, 1.807) is 23.5 Å². The molecule has 2 rings (SSSR count). The zero-order valence-corrected chi connectivity index (χ0v) is 14.0. The Labute approximate surface area is 132 Å². The minimum absolute atomic E-state index is 0.233. The molecule has 1 saturated heterocycles. The van der Waals surface area contributed by atoms with Crippen molar-refractivity contribution < 1.29 is 8.42 Å². The van der Waals surface area contributed by atoms with Gasteiger partial charge in [-0.05, 0) is 37.6 Å². The molecule has 1 fully saturated rings. The van der Waals surface area contributed by atoms with Gasteiger partial charge in [-0.25, -0.2) is 0 Å². The maximum Gasteiger partial charge on any atom is 0.282 e. The summed E-state index contributed by atoms with van der Waals surface area (Å²) in [5, 5.41) is 3.86. The molecule has 0 aromatic heterocycles. The third-order valence-corrected chi connectivity index (χ3v) is 6.20. The summed E-state index contributed by atoms with van der Waals surface area (Å²) in [6.07, 6.45) is 0.836. The predicted octanol–water partition coefficient (Wildman–Crippen LogP) is 1.87. The summed E-state index contributed by atoms with van der Waals surface area (Å²) >= 11 is 5.88. The molecule has 21 heavy (non-hydrogen) atoms. The van der Waals surface area contributed by atoms with Crippen LogP contribution in [0.3, 0.4) is 0 Å². The van der Waals surface area contributed by atoms with Crippen molar-refractivity contribution in [1.29, 1.82) is 0 Å². The Balaban J connectivity index is 2.16. The van der Waals surface area contributed by atoms with Crippen LogP contribution in [0.5, 0.6) is 0 Å². The molecule has 1 aliphatic rings. The molecule has 1 unspecified atom stereocenters. The molecule has 1 heterocycles. The van der Waals surface area contributed by atoms with Crippen molar-refractivity contribution in [2.45, 2.75) is 19.4 Å². The Morgan fingerprint density at radius 1 is 1.24 bits per heavy atom. The second kappa shape index (κ2) is 7.07. The molecular weight excluding hydrogens is 310 g/mol. The Bertz CT molecular complexity index is 554. The van der Waals surface area contributed by atoms with E-state index in [2.05, 4.69) is 5.32 Å². The van der Waals surface area contributed by atoms with Gasteiger partial charge in [0, 0.05) is 37.7 Å². The van der Waals surface area contributed by atoms with Gasteiger partial charge in [-0.1, -0.05) is 23.7 Å². The van der Waals surface area contributed by atoms with E-state index in [1.807, 2.05) is 19.1 Å². The second-order valence-electron chi connectivity index (χ2n) is 5.25. The number of benzene rings is 1. The normalized spacial score (nSPS) is 19.4. The zero-order valence-electron chi connectivity index (χ0n) is 12.4. The van der Waals surface area contributed by atoms with Gasteiger partial charge < -0.3 is 5.32 Å². The SMILES string of the molecule is CC(c1ccc(Cl)cc1)N(C)S(=O)(=O)N1CCCNCC1. The highest BCUT2D eigenvalue weighted by molar-refractivity contribution is 7.86. The molecule has 0 amide bonds. The number of hydrogen-bond donors (Lipinski definition) is 1. The Kier molecular flexibility index (Phi) is 5.62. The summed E-state index contributed by atoms with van der Waals surface area (Å²) in [6.45, 7) is 4.52. The number of halogens is 1. The van der Waals surface area contributed by atoms with Crippen molar-refractivity contribution in [3.05, 3.63) is 34.9 Å². The molecule has 1 aliphatic heterocycles. The van der Waals surface area contributed by atoms with Gasteiger partial charge in [-0.2, -0.15) is 17.0 Å². The first-order chi connectivity index (χ1) is 9.93. The highest BCUT2D eigenvalue weighted by Gasteiger charge is 2.30.